The van der Waals surface area contributed by atoms with Gasteiger partial charge in [0.05, 0.1) is 19.1 Å². The first-order chi connectivity index (χ1) is 9.47. The highest BCUT2D eigenvalue weighted by Gasteiger charge is 2.36. The van der Waals surface area contributed by atoms with Crippen LogP contribution in [0.4, 0.5) is 0 Å². The Bertz CT molecular complexity index is 326. The van der Waals surface area contributed by atoms with Crippen molar-refractivity contribution in [3.05, 3.63) is 0 Å². The van der Waals surface area contributed by atoms with Crippen LogP contribution in [0.15, 0.2) is 0 Å². The molecule has 20 heavy (non-hydrogen) atoms. The van der Waals surface area contributed by atoms with E-state index in [1.54, 1.807) is 0 Å². The van der Waals surface area contributed by atoms with Gasteiger partial charge < -0.3 is 20.3 Å². The Balaban J connectivity index is 2.47. The summed E-state index contributed by atoms with van der Waals surface area (Å²) in [5.74, 6) is -1.04. The molecule has 1 atom stereocenters. The summed E-state index contributed by atoms with van der Waals surface area (Å²) in [6.45, 7) is 0.302. The zero-order chi connectivity index (χ0) is 15.0. The third-order valence-corrected chi connectivity index (χ3v) is 3.87. The highest BCUT2D eigenvalue weighted by atomic mass is 16.5. The number of carbonyl (C=O) groups excluding carboxylic acids is 1. The van der Waals surface area contributed by atoms with Crippen molar-refractivity contribution in [2.75, 3.05) is 20.3 Å². The normalized spacial score (nSPS) is 19.3. The molecule has 3 N–H and O–H groups in total. The lowest BCUT2D eigenvalue weighted by atomic mass is 9.69. The summed E-state index contributed by atoms with van der Waals surface area (Å²) < 4.78 is 4.78. The van der Waals surface area contributed by atoms with Crippen molar-refractivity contribution in [1.29, 1.82) is 0 Å². The number of methoxy groups -OCH3 is 1. The van der Waals surface area contributed by atoms with E-state index in [0.29, 0.717) is 0 Å². The predicted octanol–water partition coefficient (Wildman–Crippen LogP) is 0.925. The number of carboxylic acids is 1. The van der Waals surface area contributed by atoms with Crippen LogP contribution in [-0.2, 0) is 14.3 Å². The summed E-state index contributed by atoms with van der Waals surface area (Å²) in [4.78, 5) is 23.0. The second kappa shape index (κ2) is 8.21. The van der Waals surface area contributed by atoms with Crippen LogP contribution < -0.4 is 5.32 Å². The number of rotatable bonds is 8. The zero-order valence-electron chi connectivity index (χ0n) is 12.1. The molecular formula is C14H25NO5. The Labute approximate surface area is 119 Å². The number of carbonyl (C=O) groups is 2. The Morgan fingerprint density at radius 2 is 1.90 bits per heavy atom. The van der Waals surface area contributed by atoms with E-state index in [4.69, 9.17) is 9.84 Å². The van der Waals surface area contributed by atoms with Gasteiger partial charge in [0.25, 0.3) is 0 Å². The van der Waals surface area contributed by atoms with Crippen LogP contribution in [0.25, 0.3) is 0 Å². The van der Waals surface area contributed by atoms with E-state index in [9.17, 15) is 14.7 Å². The van der Waals surface area contributed by atoms with Crippen molar-refractivity contribution in [2.24, 2.45) is 5.41 Å². The average Bonchev–Trinajstić information content (AvgIpc) is 2.36. The molecule has 1 amide bonds. The second-order valence-corrected chi connectivity index (χ2v) is 5.72. The van der Waals surface area contributed by atoms with E-state index < -0.39 is 17.5 Å². The van der Waals surface area contributed by atoms with Crippen LogP contribution in [0.2, 0.25) is 0 Å². The number of aliphatic hydroxyl groups is 1. The van der Waals surface area contributed by atoms with Crippen LogP contribution in [0, 0.1) is 5.41 Å². The van der Waals surface area contributed by atoms with E-state index in [0.717, 1.165) is 32.1 Å². The quantitative estimate of drug-likeness (QED) is 0.617. The van der Waals surface area contributed by atoms with Gasteiger partial charge in [-0.2, -0.15) is 0 Å². The van der Waals surface area contributed by atoms with Gasteiger partial charge in [-0.05, 0) is 18.3 Å². The molecule has 0 bridgehead atoms. The Hall–Kier alpha value is -1.14. The molecule has 1 saturated carbocycles. The van der Waals surface area contributed by atoms with Crippen LogP contribution in [0.3, 0.4) is 0 Å². The van der Waals surface area contributed by atoms with Crippen molar-refractivity contribution in [3.63, 3.8) is 0 Å². The minimum Gasteiger partial charge on any atom is -0.481 e. The fourth-order valence-corrected chi connectivity index (χ4v) is 2.92. The number of hydrogen-bond acceptors (Lipinski definition) is 4. The molecule has 0 radical (unpaired) electrons. The average molecular weight is 287 g/mol. The molecule has 0 spiro atoms. The Morgan fingerprint density at radius 1 is 1.25 bits per heavy atom. The summed E-state index contributed by atoms with van der Waals surface area (Å²) >= 11 is 0. The fourth-order valence-electron chi connectivity index (χ4n) is 2.92. The lowest BCUT2D eigenvalue weighted by Gasteiger charge is -2.35. The molecule has 0 aromatic rings. The zero-order valence-corrected chi connectivity index (χ0v) is 12.1. The molecule has 1 aliphatic rings. The van der Waals surface area contributed by atoms with Gasteiger partial charge in [-0.3, -0.25) is 9.59 Å². The van der Waals surface area contributed by atoms with Crippen LogP contribution in [0.5, 0.6) is 0 Å². The SMILES string of the molecule is COCC(O)CNC(=O)CC1(CC(=O)O)CCCCC1. The number of carboxylic acid groups (broad SMARTS) is 1. The number of aliphatic hydroxyl groups excluding tert-OH is 1. The van der Waals surface area contributed by atoms with Gasteiger partial charge in [0, 0.05) is 20.1 Å². The number of amides is 1. The molecule has 6 nitrogen and oxygen atoms in total. The lowest BCUT2D eigenvalue weighted by molar-refractivity contribution is -0.141. The first-order valence-corrected chi connectivity index (χ1v) is 7.13. The molecule has 1 rings (SSSR count). The van der Waals surface area contributed by atoms with E-state index in [-0.39, 0.29) is 31.9 Å². The van der Waals surface area contributed by atoms with Crippen molar-refractivity contribution in [1.82, 2.24) is 5.32 Å². The van der Waals surface area contributed by atoms with Gasteiger partial charge in [-0.1, -0.05) is 19.3 Å². The first kappa shape index (κ1) is 16.9. The highest BCUT2D eigenvalue weighted by molar-refractivity contribution is 5.78. The summed E-state index contributed by atoms with van der Waals surface area (Å²) in [6.07, 6.45) is 4.17. The smallest absolute Gasteiger partial charge is 0.303 e. The predicted molar refractivity (Wildman–Crippen MR) is 73.3 cm³/mol. The maximum Gasteiger partial charge on any atom is 0.303 e. The number of aliphatic carboxylic acids is 1. The molecule has 1 aliphatic carbocycles. The minimum absolute atomic E-state index is 0.0427. The molecule has 1 fully saturated rings. The van der Waals surface area contributed by atoms with Gasteiger partial charge in [-0.15, -0.1) is 0 Å². The minimum atomic E-state index is -0.848. The van der Waals surface area contributed by atoms with Crippen LogP contribution in [0.1, 0.15) is 44.9 Å². The summed E-state index contributed by atoms with van der Waals surface area (Å²) in [5.41, 5.74) is -0.416. The summed E-state index contributed by atoms with van der Waals surface area (Å²) in [6, 6.07) is 0. The van der Waals surface area contributed by atoms with Crippen LogP contribution in [-0.4, -0.2) is 48.5 Å². The molecule has 0 aliphatic heterocycles. The van der Waals surface area contributed by atoms with Gasteiger partial charge in [0.2, 0.25) is 5.91 Å². The fraction of sp³-hybridized carbons (Fsp3) is 0.857. The standard InChI is InChI=1S/C14H25NO5/c1-20-10-11(16)9-15-12(17)7-14(8-13(18)19)5-3-2-4-6-14/h11,16H,2-10H2,1H3,(H,15,17)(H,18,19). The van der Waals surface area contributed by atoms with Gasteiger partial charge in [-0.25, -0.2) is 0 Å². The Morgan fingerprint density at radius 3 is 2.45 bits per heavy atom. The van der Waals surface area contributed by atoms with Crippen molar-refractivity contribution >= 4 is 11.9 Å². The van der Waals surface area contributed by atoms with Crippen LogP contribution >= 0.6 is 0 Å². The van der Waals surface area contributed by atoms with E-state index in [1.165, 1.54) is 7.11 Å². The van der Waals surface area contributed by atoms with E-state index in [1.807, 2.05) is 0 Å². The molecular weight excluding hydrogens is 262 g/mol. The summed E-state index contributed by atoms with van der Waals surface area (Å²) in [5, 5.41) is 21.2. The second-order valence-electron chi connectivity index (χ2n) is 5.72. The molecule has 0 aromatic heterocycles. The molecule has 0 saturated heterocycles. The molecule has 1 unspecified atom stereocenters. The maximum absolute atomic E-state index is 12.0. The number of ether oxygens (including phenoxy) is 1. The lowest BCUT2D eigenvalue weighted by Crippen LogP contribution is -2.39. The molecule has 0 heterocycles. The third-order valence-electron chi connectivity index (χ3n) is 3.87. The monoisotopic (exact) mass is 287 g/mol. The van der Waals surface area contributed by atoms with E-state index in [2.05, 4.69) is 5.32 Å². The largest absolute Gasteiger partial charge is 0.481 e. The Kier molecular flexibility index (Phi) is 6.95. The molecule has 116 valence electrons. The number of nitrogens with one attached hydrogen (secondary N) is 1. The molecule has 0 aromatic carbocycles. The number of hydrogen-bond donors (Lipinski definition) is 3. The summed E-state index contributed by atoms with van der Waals surface area (Å²) in [7, 11) is 1.48. The highest BCUT2D eigenvalue weighted by Crippen LogP contribution is 2.42. The maximum atomic E-state index is 12.0. The van der Waals surface area contributed by atoms with E-state index >= 15 is 0 Å². The topological polar surface area (TPSA) is 95.9 Å². The van der Waals surface area contributed by atoms with Crippen molar-refractivity contribution in [2.45, 2.75) is 51.0 Å². The van der Waals surface area contributed by atoms with Crippen molar-refractivity contribution in [3.8, 4) is 0 Å². The third kappa shape index (κ3) is 5.88. The molecule has 6 heteroatoms. The first-order valence-electron chi connectivity index (χ1n) is 7.13. The van der Waals surface area contributed by atoms with Gasteiger partial charge in [0.15, 0.2) is 0 Å². The van der Waals surface area contributed by atoms with Crippen molar-refractivity contribution < 1.29 is 24.5 Å². The van der Waals surface area contributed by atoms with Gasteiger partial charge in [0.1, 0.15) is 0 Å². The van der Waals surface area contributed by atoms with Gasteiger partial charge >= 0.3 is 5.97 Å².